The van der Waals surface area contributed by atoms with E-state index in [1.807, 2.05) is 31.2 Å². The average molecular weight is 880 g/mol. The standard InChI is InChI=1S/C40H71ClN14O4S/c1-27(11-3-6-18-42)31(44)36(56)49-21-9-23-55(24-10-22-50-38(58)40(2,48)30(60)13-4-7-19-43)25-26-59-29-16-14-28(15-17-29)12-5-8-20-51-39(47)54-37(57)32-34(45)53-35(46)33(41)52-32/h14-17,27,30-31,60H,3-13,18-26,42-44,48H2,1-2H3,(H,49,56)(H,50,58)(H4,45,46,53)(H3,47,51,54,57). The summed E-state index contributed by atoms with van der Waals surface area (Å²) in [5.41, 5.74) is 40.8. The number of hydrogen-bond acceptors (Lipinski definition) is 15. The molecule has 17 N–H and O–H groups in total. The van der Waals surface area contributed by atoms with Gasteiger partial charge >= 0.3 is 0 Å². The number of nitrogen functional groups attached to an aromatic ring is 2. The van der Waals surface area contributed by atoms with Crippen molar-refractivity contribution in [1.29, 1.82) is 0 Å². The summed E-state index contributed by atoms with van der Waals surface area (Å²) < 4.78 is 6.11. The lowest BCUT2D eigenvalue weighted by Crippen LogP contribution is -2.57. The van der Waals surface area contributed by atoms with E-state index in [-0.39, 0.29) is 51.4 Å². The van der Waals surface area contributed by atoms with Gasteiger partial charge in [0.1, 0.15) is 17.9 Å². The Kier molecular flexibility index (Phi) is 24.8. The predicted molar refractivity (Wildman–Crippen MR) is 245 cm³/mol. The third-order valence-corrected chi connectivity index (χ3v) is 11.2. The fourth-order valence-corrected chi connectivity index (χ4v) is 6.58. The van der Waals surface area contributed by atoms with Crippen LogP contribution in [-0.2, 0) is 16.0 Å². The lowest BCUT2D eigenvalue weighted by atomic mass is 9.93. The summed E-state index contributed by atoms with van der Waals surface area (Å²) in [6.07, 6.45) is 9.00. The van der Waals surface area contributed by atoms with Crippen LogP contribution >= 0.6 is 24.2 Å². The van der Waals surface area contributed by atoms with E-state index < -0.39 is 17.5 Å². The number of halogens is 1. The minimum atomic E-state index is -1.10. The molecule has 0 saturated heterocycles. The number of nitrogens with two attached hydrogens (primary N) is 7. The van der Waals surface area contributed by atoms with Gasteiger partial charge in [0.2, 0.25) is 11.8 Å². The van der Waals surface area contributed by atoms with Crippen LogP contribution < -0.4 is 60.8 Å². The van der Waals surface area contributed by atoms with Crippen LogP contribution in [0.25, 0.3) is 0 Å². The summed E-state index contributed by atoms with van der Waals surface area (Å²) in [6.45, 7) is 8.84. The average Bonchev–Trinajstić information content (AvgIpc) is 3.21. The number of hydrogen-bond donors (Lipinski definition) is 11. The molecule has 1 aromatic heterocycles. The number of ether oxygens (including phenoxy) is 1. The highest BCUT2D eigenvalue weighted by atomic mass is 35.5. The van der Waals surface area contributed by atoms with Gasteiger partial charge < -0.3 is 55.5 Å². The van der Waals surface area contributed by atoms with Gasteiger partial charge in [-0.1, -0.05) is 43.5 Å². The highest BCUT2D eigenvalue weighted by Crippen LogP contribution is 2.20. The second kappa shape index (κ2) is 28.5. The first-order valence-corrected chi connectivity index (χ1v) is 21.8. The Morgan fingerprint density at radius 3 is 2.18 bits per heavy atom. The van der Waals surface area contributed by atoms with Crippen molar-refractivity contribution in [2.24, 2.45) is 39.6 Å². The molecule has 0 aliphatic carbocycles. The molecule has 1 aromatic carbocycles. The highest BCUT2D eigenvalue weighted by molar-refractivity contribution is 7.81. The van der Waals surface area contributed by atoms with E-state index in [0.717, 1.165) is 75.6 Å². The number of amides is 3. The molecule has 0 saturated carbocycles. The zero-order chi connectivity index (χ0) is 44.5. The molecule has 2 aromatic rings. The number of unbranched alkanes of at least 4 members (excludes halogenated alkanes) is 3. The van der Waals surface area contributed by atoms with Crippen molar-refractivity contribution in [3.05, 3.63) is 40.7 Å². The van der Waals surface area contributed by atoms with Gasteiger partial charge in [-0.2, -0.15) is 12.6 Å². The smallest absolute Gasteiger partial charge is 0.280 e. The van der Waals surface area contributed by atoms with Gasteiger partial charge in [-0.15, -0.1) is 0 Å². The minimum absolute atomic E-state index is 0.0705. The predicted octanol–water partition coefficient (Wildman–Crippen LogP) is 1.29. The van der Waals surface area contributed by atoms with Crippen LogP contribution in [0.2, 0.25) is 5.15 Å². The second-order valence-electron chi connectivity index (χ2n) is 15.3. The summed E-state index contributed by atoms with van der Waals surface area (Å²) in [7, 11) is 0. The van der Waals surface area contributed by atoms with Gasteiger partial charge in [-0.25, -0.2) is 9.97 Å². The van der Waals surface area contributed by atoms with Crippen molar-refractivity contribution in [2.75, 3.05) is 70.4 Å². The maximum Gasteiger partial charge on any atom is 0.280 e. The Balaban J connectivity index is 1.83. The largest absolute Gasteiger partial charge is 0.492 e. The Labute approximate surface area is 366 Å². The van der Waals surface area contributed by atoms with Crippen LogP contribution in [0.15, 0.2) is 29.3 Å². The van der Waals surface area contributed by atoms with Crippen LogP contribution in [0.1, 0.15) is 94.1 Å². The summed E-state index contributed by atoms with van der Waals surface area (Å²) >= 11 is 10.5. The molecule has 0 bridgehead atoms. The number of thiol groups is 1. The van der Waals surface area contributed by atoms with Crippen molar-refractivity contribution in [2.45, 2.75) is 101 Å². The number of nitrogens with one attached hydrogen (secondary N) is 3. The van der Waals surface area contributed by atoms with Crippen molar-refractivity contribution in [3.63, 3.8) is 0 Å². The fourth-order valence-electron chi connectivity index (χ4n) is 6.15. The van der Waals surface area contributed by atoms with E-state index in [9.17, 15) is 14.4 Å². The van der Waals surface area contributed by atoms with E-state index in [2.05, 4.69) is 48.4 Å². The molecule has 0 fully saturated rings. The van der Waals surface area contributed by atoms with Crippen LogP contribution in [0.5, 0.6) is 5.75 Å². The molecule has 0 radical (unpaired) electrons. The monoisotopic (exact) mass is 879 g/mol. The molecule has 2 rings (SSSR count). The molecule has 60 heavy (non-hydrogen) atoms. The summed E-state index contributed by atoms with van der Waals surface area (Å²) in [5, 5.41) is 7.99. The summed E-state index contributed by atoms with van der Waals surface area (Å²) in [4.78, 5) is 52.2. The van der Waals surface area contributed by atoms with Gasteiger partial charge in [0.25, 0.3) is 5.91 Å². The molecule has 18 nitrogen and oxygen atoms in total. The van der Waals surface area contributed by atoms with Crippen LogP contribution in [-0.4, -0.2) is 114 Å². The number of carbonyl (C=O) groups is 3. The summed E-state index contributed by atoms with van der Waals surface area (Å²) in [5.74, 6) is -0.549. The number of guanidine groups is 1. The molecule has 3 amide bonds. The van der Waals surface area contributed by atoms with Gasteiger partial charge in [-0.05, 0) is 115 Å². The Morgan fingerprint density at radius 1 is 0.900 bits per heavy atom. The van der Waals surface area contributed by atoms with Crippen LogP contribution in [0, 0.1) is 5.92 Å². The number of anilines is 2. The molecule has 0 aliphatic rings. The number of aliphatic imine (C=N–C) groups is 1. The molecular weight excluding hydrogens is 808 g/mol. The maximum atomic E-state index is 13.0. The number of benzene rings is 1. The van der Waals surface area contributed by atoms with E-state index >= 15 is 0 Å². The maximum absolute atomic E-state index is 13.0. The van der Waals surface area contributed by atoms with Gasteiger partial charge in [0, 0.05) is 31.4 Å². The Morgan fingerprint density at radius 2 is 1.53 bits per heavy atom. The number of carbonyl (C=O) groups excluding carboxylic acids is 3. The fraction of sp³-hybridized carbons (Fsp3) is 0.650. The molecule has 4 atom stereocenters. The van der Waals surface area contributed by atoms with Crippen molar-refractivity contribution in [3.8, 4) is 5.75 Å². The third-order valence-electron chi connectivity index (χ3n) is 10.1. The van der Waals surface area contributed by atoms with E-state index in [4.69, 9.17) is 56.5 Å². The first-order valence-electron chi connectivity index (χ1n) is 20.9. The molecule has 0 aliphatic heterocycles. The SMILES string of the molecule is CC(CCCCN)C(N)C(=O)NCCCN(CCCNC(=O)C(C)(N)C(S)CCCCN)CCOc1ccc(CCCCN=C(N)NC(=O)c2nc(Cl)c(N)nc2N)cc1. The second-order valence-corrected chi connectivity index (χ2v) is 16.3. The first-order chi connectivity index (χ1) is 28.6. The quantitative estimate of drug-likeness (QED) is 0.0228. The normalized spacial score (nSPS) is 14.2. The zero-order valence-electron chi connectivity index (χ0n) is 35.5. The molecule has 338 valence electrons. The van der Waals surface area contributed by atoms with Crippen LogP contribution in [0.4, 0.5) is 11.6 Å². The number of aromatic nitrogens is 2. The molecule has 4 unspecified atom stereocenters. The van der Waals surface area contributed by atoms with E-state index in [1.165, 1.54) is 0 Å². The van der Waals surface area contributed by atoms with Gasteiger partial charge in [0.05, 0.1) is 6.04 Å². The van der Waals surface area contributed by atoms with Crippen LogP contribution in [0.3, 0.4) is 0 Å². The molecule has 20 heteroatoms. The number of rotatable bonds is 30. The Bertz CT molecular complexity index is 1620. The molecule has 1 heterocycles. The Hall–Kier alpha value is -3.98. The van der Waals surface area contributed by atoms with Gasteiger partial charge in [-0.3, -0.25) is 29.6 Å². The van der Waals surface area contributed by atoms with E-state index in [1.54, 1.807) is 6.92 Å². The molecule has 0 spiro atoms. The lowest BCUT2D eigenvalue weighted by molar-refractivity contribution is -0.126. The van der Waals surface area contributed by atoms with Crippen molar-refractivity contribution >= 4 is 59.5 Å². The lowest BCUT2D eigenvalue weighted by Gasteiger charge is -2.30. The molecular formula is C40H71ClN14O4S. The van der Waals surface area contributed by atoms with E-state index in [0.29, 0.717) is 65.3 Å². The minimum Gasteiger partial charge on any atom is -0.492 e. The summed E-state index contributed by atoms with van der Waals surface area (Å²) in [6, 6.07) is 7.39. The third kappa shape index (κ3) is 19.6. The zero-order valence-corrected chi connectivity index (χ0v) is 37.1. The van der Waals surface area contributed by atoms with Crippen molar-refractivity contribution in [1.82, 2.24) is 30.8 Å². The van der Waals surface area contributed by atoms with Crippen molar-refractivity contribution < 1.29 is 19.1 Å². The number of nitrogens with zero attached hydrogens (tertiary/aromatic N) is 4. The highest BCUT2D eigenvalue weighted by Gasteiger charge is 2.34. The first kappa shape index (κ1) is 52.2. The number of aryl methyl sites for hydroxylation is 1. The van der Waals surface area contributed by atoms with Gasteiger partial charge in [0.15, 0.2) is 28.4 Å². The topological polar surface area (TPSA) is 320 Å².